The van der Waals surface area contributed by atoms with Gasteiger partial charge in [0.25, 0.3) is 11.6 Å². The number of carbonyl (C=O) groups excluding carboxylic acids is 1. The molecule has 0 bridgehead atoms. The van der Waals surface area contributed by atoms with Gasteiger partial charge in [0, 0.05) is 20.3 Å². The molecule has 0 spiro atoms. The Bertz CT molecular complexity index is 495. The lowest BCUT2D eigenvalue weighted by atomic mass is 10.2. The van der Waals surface area contributed by atoms with Gasteiger partial charge in [-0.15, -0.1) is 0 Å². The monoisotopic (exact) mass is 298 g/mol. The number of hydrogen-bond donors (Lipinski definition) is 2. The van der Waals surface area contributed by atoms with Gasteiger partial charge in [0.15, 0.2) is 0 Å². The Labute approximate surface area is 121 Å². The highest BCUT2D eigenvalue weighted by Gasteiger charge is 2.20. The van der Waals surface area contributed by atoms with Crippen LogP contribution in [0.3, 0.4) is 0 Å². The minimum Gasteiger partial charge on any atom is -0.384 e. The Kier molecular flexibility index (Phi) is 7.05. The van der Waals surface area contributed by atoms with Crippen LogP contribution in [0.15, 0.2) is 12.3 Å². The molecule has 0 aromatic carbocycles. The third-order valence-electron chi connectivity index (χ3n) is 2.53. The van der Waals surface area contributed by atoms with Crippen LogP contribution in [-0.4, -0.2) is 49.3 Å². The fourth-order valence-electron chi connectivity index (χ4n) is 1.51. The quantitative estimate of drug-likeness (QED) is 0.382. The zero-order valence-electron chi connectivity index (χ0n) is 11.7. The van der Waals surface area contributed by atoms with E-state index in [1.54, 1.807) is 7.11 Å². The lowest BCUT2D eigenvalue weighted by molar-refractivity contribution is -0.385. The number of aromatic nitrogens is 1. The van der Waals surface area contributed by atoms with Crippen molar-refractivity contribution < 1.29 is 19.2 Å². The first-order chi connectivity index (χ1) is 10.1. The van der Waals surface area contributed by atoms with Gasteiger partial charge in [0.2, 0.25) is 0 Å². The van der Waals surface area contributed by atoms with Crippen molar-refractivity contribution in [3.05, 3.63) is 27.9 Å². The average Bonchev–Trinajstić information content (AvgIpc) is 2.45. The van der Waals surface area contributed by atoms with Crippen molar-refractivity contribution in [3.63, 3.8) is 0 Å². The smallest absolute Gasteiger partial charge is 0.300 e. The molecular weight excluding hydrogens is 280 g/mol. The van der Waals surface area contributed by atoms with E-state index in [4.69, 9.17) is 15.2 Å². The zero-order valence-corrected chi connectivity index (χ0v) is 11.7. The number of rotatable bonds is 9. The van der Waals surface area contributed by atoms with Gasteiger partial charge in [-0.2, -0.15) is 0 Å². The summed E-state index contributed by atoms with van der Waals surface area (Å²) in [6, 6.07) is 1.18. The van der Waals surface area contributed by atoms with Gasteiger partial charge in [0.05, 0.1) is 18.1 Å². The van der Waals surface area contributed by atoms with Crippen molar-refractivity contribution in [1.82, 2.24) is 10.3 Å². The molecule has 116 valence electrons. The Morgan fingerprint density at radius 2 is 2.24 bits per heavy atom. The number of methoxy groups -OCH3 is 1. The summed E-state index contributed by atoms with van der Waals surface area (Å²) in [5.41, 5.74) is 4.96. The highest BCUT2D eigenvalue weighted by atomic mass is 16.6. The maximum atomic E-state index is 11.9. The molecule has 0 fully saturated rings. The molecule has 0 saturated carbocycles. The van der Waals surface area contributed by atoms with Crippen molar-refractivity contribution in [2.45, 2.75) is 6.42 Å². The molecule has 0 unspecified atom stereocenters. The van der Waals surface area contributed by atoms with E-state index < -0.39 is 10.8 Å². The van der Waals surface area contributed by atoms with Gasteiger partial charge in [0.1, 0.15) is 17.6 Å². The van der Waals surface area contributed by atoms with Crippen LogP contribution in [-0.2, 0) is 9.47 Å². The topological polar surface area (TPSA) is 130 Å². The molecule has 9 nitrogen and oxygen atoms in total. The summed E-state index contributed by atoms with van der Waals surface area (Å²) >= 11 is 0. The standard InChI is InChI=1S/C12H18N4O5/c1-20-5-6-21-4-2-3-14-12(17)9-7-11(13)15-8-10(9)16(18)19/h7-8H,2-6H2,1H3,(H2,13,15)(H,14,17). The predicted octanol–water partition coefficient (Wildman–Crippen LogP) is 0.355. The minimum absolute atomic E-state index is 0.0497. The molecule has 0 aliphatic rings. The van der Waals surface area contributed by atoms with E-state index in [0.717, 1.165) is 6.20 Å². The first-order valence-electron chi connectivity index (χ1n) is 6.31. The zero-order chi connectivity index (χ0) is 15.7. The van der Waals surface area contributed by atoms with Crippen LogP contribution < -0.4 is 11.1 Å². The summed E-state index contributed by atoms with van der Waals surface area (Å²) in [5.74, 6) is -0.513. The van der Waals surface area contributed by atoms with Crippen LogP contribution in [0.5, 0.6) is 0 Å². The normalized spacial score (nSPS) is 10.3. The minimum atomic E-state index is -0.671. The first kappa shape index (κ1) is 16.8. The van der Waals surface area contributed by atoms with Gasteiger partial charge in [-0.3, -0.25) is 14.9 Å². The third kappa shape index (κ3) is 5.71. The molecule has 0 radical (unpaired) electrons. The van der Waals surface area contributed by atoms with E-state index in [1.807, 2.05) is 0 Å². The number of pyridine rings is 1. The molecule has 0 aliphatic carbocycles. The number of anilines is 1. The van der Waals surface area contributed by atoms with Crippen LogP contribution >= 0.6 is 0 Å². The molecule has 1 aromatic heterocycles. The number of hydrogen-bond acceptors (Lipinski definition) is 7. The van der Waals surface area contributed by atoms with Gasteiger partial charge in [-0.1, -0.05) is 0 Å². The van der Waals surface area contributed by atoms with Crippen LogP contribution in [0.2, 0.25) is 0 Å². The molecular formula is C12H18N4O5. The summed E-state index contributed by atoms with van der Waals surface area (Å²) in [6.45, 7) is 1.79. The first-order valence-corrected chi connectivity index (χ1v) is 6.31. The second kappa shape index (κ2) is 8.82. The van der Waals surface area contributed by atoms with Gasteiger partial charge in [-0.05, 0) is 12.5 Å². The number of nitrogens with zero attached hydrogens (tertiary/aromatic N) is 2. The maximum Gasteiger partial charge on any atom is 0.300 e. The van der Waals surface area contributed by atoms with E-state index in [9.17, 15) is 14.9 Å². The lowest BCUT2D eigenvalue weighted by Crippen LogP contribution is -2.26. The Morgan fingerprint density at radius 1 is 1.48 bits per heavy atom. The number of ether oxygens (including phenoxy) is 2. The largest absolute Gasteiger partial charge is 0.384 e. The molecule has 21 heavy (non-hydrogen) atoms. The van der Waals surface area contributed by atoms with Crippen molar-refractivity contribution in [2.24, 2.45) is 0 Å². The van der Waals surface area contributed by atoms with Crippen LogP contribution in [0.1, 0.15) is 16.8 Å². The SMILES string of the molecule is COCCOCCCNC(=O)c1cc(N)ncc1[N+](=O)[O-]. The third-order valence-corrected chi connectivity index (χ3v) is 2.53. The van der Waals surface area contributed by atoms with E-state index in [0.29, 0.717) is 32.8 Å². The molecule has 9 heteroatoms. The fraction of sp³-hybridized carbons (Fsp3) is 0.500. The number of nitrogens with two attached hydrogens (primary N) is 1. The second-order valence-electron chi connectivity index (χ2n) is 4.10. The van der Waals surface area contributed by atoms with Gasteiger partial charge < -0.3 is 20.5 Å². The average molecular weight is 298 g/mol. The van der Waals surface area contributed by atoms with Crippen LogP contribution in [0.25, 0.3) is 0 Å². The van der Waals surface area contributed by atoms with E-state index in [-0.39, 0.29) is 17.1 Å². The number of amides is 1. The van der Waals surface area contributed by atoms with Gasteiger partial charge >= 0.3 is 0 Å². The van der Waals surface area contributed by atoms with Crippen LogP contribution in [0, 0.1) is 10.1 Å². The second-order valence-corrected chi connectivity index (χ2v) is 4.10. The Morgan fingerprint density at radius 3 is 2.90 bits per heavy atom. The Balaban J connectivity index is 2.45. The molecule has 0 atom stereocenters. The van der Waals surface area contributed by atoms with Crippen molar-refractivity contribution in [3.8, 4) is 0 Å². The highest BCUT2D eigenvalue weighted by molar-refractivity contribution is 5.98. The molecule has 3 N–H and O–H groups in total. The molecule has 0 aliphatic heterocycles. The van der Waals surface area contributed by atoms with Crippen molar-refractivity contribution >= 4 is 17.4 Å². The lowest BCUT2D eigenvalue weighted by Gasteiger charge is -2.07. The molecule has 0 saturated heterocycles. The molecule has 1 amide bonds. The van der Waals surface area contributed by atoms with Gasteiger partial charge in [-0.25, -0.2) is 4.98 Å². The number of nitro groups is 1. The summed E-state index contributed by atoms with van der Waals surface area (Å²) in [4.78, 5) is 25.7. The van der Waals surface area contributed by atoms with Crippen molar-refractivity contribution in [1.29, 1.82) is 0 Å². The van der Waals surface area contributed by atoms with E-state index in [2.05, 4.69) is 10.3 Å². The fourth-order valence-corrected chi connectivity index (χ4v) is 1.51. The summed E-state index contributed by atoms with van der Waals surface area (Å²) in [6.07, 6.45) is 1.56. The molecule has 1 heterocycles. The van der Waals surface area contributed by atoms with E-state index in [1.165, 1.54) is 6.07 Å². The van der Waals surface area contributed by atoms with E-state index >= 15 is 0 Å². The Hall–Kier alpha value is -2.26. The summed E-state index contributed by atoms with van der Waals surface area (Å²) in [5, 5.41) is 13.4. The summed E-state index contributed by atoms with van der Waals surface area (Å²) in [7, 11) is 1.58. The number of carbonyl (C=O) groups is 1. The number of nitrogens with one attached hydrogen (secondary N) is 1. The maximum absolute atomic E-state index is 11.9. The number of nitrogen functional groups attached to an aromatic ring is 1. The highest BCUT2D eigenvalue weighted by Crippen LogP contribution is 2.18. The van der Waals surface area contributed by atoms with Crippen molar-refractivity contribution in [2.75, 3.05) is 39.2 Å². The predicted molar refractivity (Wildman–Crippen MR) is 74.9 cm³/mol. The summed E-state index contributed by atoms with van der Waals surface area (Å²) < 4.78 is 10.0. The molecule has 1 rings (SSSR count). The molecule has 1 aromatic rings. The van der Waals surface area contributed by atoms with Crippen LogP contribution in [0.4, 0.5) is 11.5 Å².